The molecule has 0 unspecified atom stereocenters. The number of rotatable bonds is 2. The Balaban J connectivity index is 1.71. The standard InChI is InChI=1S/C16H17N/c1-12-6-8-13(9-7-12)10-15-11-14-4-2-3-5-16(14)17-15/h2-9,15,17H,10-11H2,1H3/t15-/m0/s1. The van der Waals surface area contributed by atoms with Gasteiger partial charge in [-0.3, -0.25) is 0 Å². The van der Waals surface area contributed by atoms with Crippen molar-refractivity contribution >= 4 is 5.69 Å². The summed E-state index contributed by atoms with van der Waals surface area (Å²) in [5.74, 6) is 0. The molecule has 0 fully saturated rings. The number of nitrogens with one attached hydrogen (secondary N) is 1. The van der Waals surface area contributed by atoms with Crippen LogP contribution in [0.5, 0.6) is 0 Å². The molecule has 1 nitrogen and oxygen atoms in total. The fourth-order valence-electron chi connectivity index (χ4n) is 2.51. The van der Waals surface area contributed by atoms with Gasteiger partial charge in [0.25, 0.3) is 0 Å². The fourth-order valence-corrected chi connectivity index (χ4v) is 2.51. The Morgan fingerprint density at radius 1 is 1.06 bits per heavy atom. The van der Waals surface area contributed by atoms with Crippen molar-refractivity contribution < 1.29 is 0 Å². The van der Waals surface area contributed by atoms with Crippen molar-refractivity contribution in [2.24, 2.45) is 0 Å². The lowest BCUT2D eigenvalue weighted by atomic mass is 10.0. The molecule has 1 heterocycles. The minimum Gasteiger partial charge on any atom is -0.381 e. The van der Waals surface area contributed by atoms with E-state index in [0.717, 1.165) is 12.8 Å². The molecule has 0 bridgehead atoms. The molecule has 0 aromatic heterocycles. The Labute approximate surface area is 102 Å². The maximum Gasteiger partial charge on any atom is 0.0375 e. The van der Waals surface area contributed by atoms with Crippen LogP contribution in [0.3, 0.4) is 0 Å². The Morgan fingerprint density at radius 2 is 1.82 bits per heavy atom. The number of hydrogen-bond donors (Lipinski definition) is 1. The highest BCUT2D eigenvalue weighted by Crippen LogP contribution is 2.26. The highest BCUT2D eigenvalue weighted by atomic mass is 14.9. The van der Waals surface area contributed by atoms with Gasteiger partial charge in [-0.2, -0.15) is 0 Å². The van der Waals surface area contributed by atoms with Gasteiger partial charge in [0.1, 0.15) is 0 Å². The summed E-state index contributed by atoms with van der Waals surface area (Å²) in [6.45, 7) is 2.13. The van der Waals surface area contributed by atoms with Crippen LogP contribution in [0, 0.1) is 6.92 Å². The first-order valence-electron chi connectivity index (χ1n) is 6.21. The monoisotopic (exact) mass is 223 g/mol. The van der Waals surface area contributed by atoms with E-state index in [-0.39, 0.29) is 0 Å². The molecule has 2 aromatic rings. The number of aryl methyl sites for hydroxylation is 1. The number of benzene rings is 2. The average Bonchev–Trinajstić information content (AvgIpc) is 2.74. The molecule has 17 heavy (non-hydrogen) atoms. The quantitative estimate of drug-likeness (QED) is 0.820. The number of anilines is 1. The SMILES string of the molecule is Cc1ccc(C[C@H]2Cc3ccccc3N2)cc1. The Hall–Kier alpha value is -1.76. The number of fused-ring (bicyclic) bond motifs is 1. The summed E-state index contributed by atoms with van der Waals surface area (Å²) in [7, 11) is 0. The largest absolute Gasteiger partial charge is 0.381 e. The van der Waals surface area contributed by atoms with Crippen LogP contribution in [0.15, 0.2) is 48.5 Å². The van der Waals surface area contributed by atoms with Crippen molar-refractivity contribution in [2.45, 2.75) is 25.8 Å². The van der Waals surface area contributed by atoms with Crippen LogP contribution in [0.25, 0.3) is 0 Å². The summed E-state index contributed by atoms with van der Waals surface area (Å²) in [5.41, 5.74) is 5.51. The van der Waals surface area contributed by atoms with Gasteiger partial charge in [-0.25, -0.2) is 0 Å². The molecule has 3 rings (SSSR count). The van der Waals surface area contributed by atoms with Crippen LogP contribution in [0.1, 0.15) is 16.7 Å². The molecule has 1 aliphatic rings. The topological polar surface area (TPSA) is 12.0 Å². The van der Waals surface area contributed by atoms with Crippen LogP contribution in [0.2, 0.25) is 0 Å². The molecule has 0 amide bonds. The van der Waals surface area contributed by atoms with Crippen molar-refractivity contribution in [2.75, 3.05) is 5.32 Å². The van der Waals surface area contributed by atoms with Gasteiger partial charge >= 0.3 is 0 Å². The van der Waals surface area contributed by atoms with Crippen molar-refractivity contribution in [1.82, 2.24) is 0 Å². The molecule has 0 radical (unpaired) electrons. The van der Waals surface area contributed by atoms with Gasteiger partial charge in [-0.15, -0.1) is 0 Å². The van der Waals surface area contributed by atoms with Gasteiger partial charge < -0.3 is 5.32 Å². The van der Waals surface area contributed by atoms with E-state index in [1.807, 2.05) is 0 Å². The summed E-state index contributed by atoms with van der Waals surface area (Å²) in [6.07, 6.45) is 2.25. The lowest BCUT2D eigenvalue weighted by Gasteiger charge is -2.11. The highest BCUT2D eigenvalue weighted by molar-refractivity contribution is 5.56. The van der Waals surface area contributed by atoms with E-state index in [9.17, 15) is 0 Å². The van der Waals surface area contributed by atoms with Crippen LogP contribution >= 0.6 is 0 Å². The minimum atomic E-state index is 0.551. The molecule has 0 aliphatic carbocycles. The van der Waals surface area contributed by atoms with Crippen LogP contribution in [-0.2, 0) is 12.8 Å². The molecular weight excluding hydrogens is 206 g/mol. The third-order valence-corrected chi connectivity index (χ3v) is 3.45. The van der Waals surface area contributed by atoms with Crippen LogP contribution < -0.4 is 5.32 Å². The fraction of sp³-hybridized carbons (Fsp3) is 0.250. The zero-order valence-electron chi connectivity index (χ0n) is 10.1. The van der Waals surface area contributed by atoms with Gasteiger partial charge in [0.05, 0.1) is 0 Å². The van der Waals surface area contributed by atoms with Crippen LogP contribution in [0.4, 0.5) is 5.69 Å². The van der Waals surface area contributed by atoms with E-state index in [2.05, 4.69) is 60.8 Å². The molecule has 1 heteroatoms. The summed E-state index contributed by atoms with van der Waals surface area (Å²) >= 11 is 0. The number of hydrogen-bond acceptors (Lipinski definition) is 1. The van der Waals surface area contributed by atoms with E-state index < -0.39 is 0 Å². The van der Waals surface area contributed by atoms with Crippen molar-refractivity contribution in [3.05, 3.63) is 65.2 Å². The molecule has 1 atom stereocenters. The second-order valence-corrected chi connectivity index (χ2v) is 4.89. The first-order chi connectivity index (χ1) is 8.31. The lowest BCUT2D eigenvalue weighted by Crippen LogP contribution is -2.18. The number of para-hydroxylation sites is 1. The third-order valence-electron chi connectivity index (χ3n) is 3.45. The smallest absolute Gasteiger partial charge is 0.0375 e. The van der Waals surface area contributed by atoms with E-state index in [1.165, 1.54) is 22.4 Å². The second kappa shape index (κ2) is 4.25. The predicted octanol–water partition coefficient (Wildman–Crippen LogP) is 3.57. The van der Waals surface area contributed by atoms with Gasteiger partial charge in [0.15, 0.2) is 0 Å². The van der Waals surface area contributed by atoms with Crippen molar-refractivity contribution in [3.63, 3.8) is 0 Å². The molecule has 0 saturated heterocycles. The zero-order valence-corrected chi connectivity index (χ0v) is 10.1. The molecule has 1 aliphatic heterocycles. The Kier molecular flexibility index (Phi) is 2.60. The molecule has 86 valence electrons. The molecular formula is C16H17N. The minimum absolute atomic E-state index is 0.551. The molecule has 2 aromatic carbocycles. The van der Waals surface area contributed by atoms with Crippen molar-refractivity contribution in [3.8, 4) is 0 Å². The predicted molar refractivity (Wildman–Crippen MR) is 72.4 cm³/mol. The average molecular weight is 223 g/mol. The molecule has 1 N–H and O–H groups in total. The first-order valence-corrected chi connectivity index (χ1v) is 6.21. The third kappa shape index (κ3) is 2.19. The first kappa shape index (κ1) is 10.4. The summed E-state index contributed by atoms with van der Waals surface area (Å²) < 4.78 is 0. The highest BCUT2D eigenvalue weighted by Gasteiger charge is 2.19. The van der Waals surface area contributed by atoms with Gasteiger partial charge in [0.2, 0.25) is 0 Å². The zero-order chi connectivity index (χ0) is 11.7. The molecule has 0 spiro atoms. The maximum absolute atomic E-state index is 3.60. The van der Waals surface area contributed by atoms with Gasteiger partial charge in [-0.1, -0.05) is 48.0 Å². The second-order valence-electron chi connectivity index (χ2n) is 4.89. The van der Waals surface area contributed by atoms with E-state index in [4.69, 9.17) is 0 Å². The maximum atomic E-state index is 3.60. The Morgan fingerprint density at radius 3 is 2.59 bits per heavy atom. The summed E-state index contributed by atoms with van der Waals surface area (Å²) in [6, 6.07) is 18.0. The van der Waals surface area contributed by atoms with Crippen molar-refractivity contribution in [1.29, 1.82) is 0 Å². The van der Waals surface area contributed by atoms with Gasteiger partial charge in [-0.05, 0) is 37.0 Å². The normalized spacial score (nSPS) is 17.6. The van der Waals surface area contributed by atoms with Gasteiger partial charge in [0, 0.05) is 11.7 Å². The molecule has 0 saturated carbocycles. The van der Waals surface area contributed by atoms with E-state index >= 15 is 0 Å². The van der Waals surface area contributed by atoms with Crippen LogP contribution in [-0.4, -0.2) is 6.04 Å². The van der Waals surface area contributed by atoms with E-state index in [1.54, 1.807) is 0 Å². The summed E-state index contributed by atoms with van der Waals surface area (Å²) in [4.78, 5) is 0. The Bertz CT molecular complexity index is 488. The summed E-state index contributed by atoms with van der Waals surface area (Å²) in [5, 5.41) is 3.60. The lowest BCUT2D eigenvalue weighted by molar-refractivity contribution is 0.746. The van der Waals surface area contributed by atoms with E-state index in [0.29, 0.717) is 6.04 Å².